The van der Waals surface area contributed by atoms with Crippen LogP contribution < -0.4 is 5.32 Å². The minimum absolute atomic E-state index is 0.718. The predicted octanol–water partition coefficient (Wildman–Crippen LogP) is 3.23. The minimum atomic E-state index is 0.718. The molecule has 0 saturated carbocycles. The Kier molecular flexibility index (Phi) is 4.53. The van der Waals surface area contributed by atoms with Gasteiger partial charge in [0.1, 0.15) is 6.26 Å². The van der Waals surface area contributed by atoms with Gasteiger partial charge < -0.3 is 9.73 Å². The molecule has 0 atom stereocenters. The topological polar surface area (TPSA) is 38.1 Å². The van der Waals surface area contributed by atoms with Crippen molar-refractivity contribution < 1.29 is 4.42 Å². The van der Waals surface area contributed by atoms with Crippen LogP contribution in [-0.2, 0) is 19.5 Å². The van der Waals surface area contributed by atoms with Gasteiger partial charge in [0, 0.05) is 20.0 Å². The molecule has 3 heteroatoms. The van der Waals surface area contributed by atoms with Crippen LogP contribution in [-0.4, -0.2) is 4.98 Å². The van der Waals surface area contributed by atoms with Crippen LogP contribution in [0.1, 0.15) is 36.1 Å². The molecule has 0 spiro atoms. The van der Waals surface area contributed by atoms with Gasteiger partial charge in [-0.25, -0.2) is 4.98 Å². The molecule has 0 fully saturated rings. The Balaban J connectivity index is 1.79. The van der Waals surface area contributed by atoms with Crippen molar-refractivity contribution in [1.82, 2.24) is 10.3 Å². The Bertz CT molecular complexity index is 473. The first kappa shape index (κ1) is 12.8. The molecular formula is C15H20N2O. The highest BCUT2D eigenvalue weighted by Gasteiger charge is 1.99. The summed E-state index contributed by atoms with van der Waals surface area (Å²) in [6, 6.07) is 8.79. The largest absolute Gasteiger partial charge is 0.449 e. The molecule has 0 aliphatic carbocycles. The zero-order valence-electron chi connectivity index (χ0n) is 11.1. The monoisotopic (exact) mass is 244 g/mol. The van der Waals surface area contributed by atoms with Crippen LogP contribution in [0.25, 0.3) is 0 Å². The molecule has 0 aliphatic heterocycles. The average molecular weight is 244 g/mol. The number of rotatable bonds is 6. The molecule has 3 nitrogen and oxygen atoms in total. The van der Waals surface area contributed by atoms with E-state index >= 15 is 0 Å². The normalized spacial score (nSPS) is 10.8. The summed E-state index contributed by atoms with van der Waals surface area (Å²) in [4.78, 5) is 4.25. The summed E-state index contributed by atoms with van der Waals surface area (Å²) in [6.07, 6.45) is 4.06. The molecule has 1 heterocycles. The van der Waals surface area contributed by atoms with Gasteiger partial charge in [0.25, 0.3) is 0 Å². The van der Waals surface area contributed by atoms with E-state index in [1.54, 1.807) is 6.26 Å². The zero-order chi connectivity index (χ0) is 12.8. The number of benzene rings is 1. The third-order valence-electron chi connectivity index (χ3n) is 2.86. The molecule has 0 saturated heterocycles. The summed E-state index contributed by atoms with van der Waals surface area (Å²) >= 11 is 0. The predicted molar refractivity (Wildman–Crippen MR) is 72.2 cm³/mol. The maximum Gasteiger partial charge on any atom is 0.191 e. The first-order chi connectivity index (χ1) is 8.78. The molecular weight excluding hydrogens is 224 g/mol. The average Bonchev–Trinajstić information content (AvgIpc) is 2.78. The van der Waals surface area contributed by atoms with Gasteiger partial charge in [-0.1, -0.05) is 37.6 Å². The fourth-order valence-electron chi connectivity index (χ4n) is 1.94. The van der Waals surface area contributed by atoms with Gasteiger partial charge in [-0.05, 0) is 17.5 Å². The highest BCUT2D eigenvalue weighted by atomic mass is 16.3. The summed E-state index contributed by atoms with van der Waals surface area (Å²) in [5, 5.41) is 3.36. The molecule has 1 aromatic heterocycles. The number of nitrogens with one attached hydrogen (secondary N) is 1. The van der Waals surface area contributed by atoms with E-state index in [4.69, 9.17) is 4.42 Å². The molecule has 0 unspecified atom stereocenters. The molecule has 0 bridgehead atoms. The number of aryl methyl sites for hydroxylation is 2. The van der Waals surface area contributed by atoms with Crippen LogP contribution in [0.15, 0.2) is 34.9 Å². The summed E-state index contributed by atoms with van der Waals surface area (Å²) in [5.74, 6) is 0.718. The van der Waals surface area contributed by atoms with E-state index in [9.17, 15) is 0 Å². The van der Waals surface area contributed by atoms with Gasteiger partial charge in [0.2, 0.25) is 0 Å². The lowest BCUT2D eigenvalue weighted by atomic mass is 10.1. The second-order valence-corrected chi connectivity index (χ2v) is 4.53. The van der Waals surface area contributed by atoms with Crippen LogP contribution in [0.5, 0.6) is 0 Å². The van der Waals surface area contributed by atoms with Crippen molar-refractivity contribution in [2.75, 3.05) is 0 Å². The van der Waals surface area contributed by atoms with Crippen LogP contribution in [0.4, 0.5) is 0 Å². The van der Waals surface area contributed by atoms with Crippen LogP contribution in [0.3, 0.4) is 0 Å². The molecule has 0 aliphatic rings. The van der Waals surface area contributed by atoms with Crippen LogP contribution >= 0.6 is 0 Å². The van der Waals surface area contributed by atoms with Crippen molar-refractivity contribution in [3.63, 3.8) is 0 Å². The lowest BCUT2D eigenvalue weighted by Gasteiger charge is -2.04. The quantitative estimate of drug-likeness (QED) is 0.847. The first-order valence-corrected chi connectivity index (χ1v) is 6.47. The second kappa shape index (κ2) is 6.36. The number of aromatic nitrogens is 1. The highest BCUT2D eigenvalue weighted by Crippen LogP contribution is 2.07. The Morgan fingerprint density at radius 3 is 2.44 bits per heavy atom. The molecule has 1 aromatic carbocycles. The van der Waals surface area contributed by atoms with Gasteiger partial charge in [0.15, 0.2) is 5.89 Å². The Morgan fingerprint density at radius 2 is 1.83 bits per heavy atom. The van der Waals surface area contributed by atoms with Gasteiger partial charge >= 0.3 is 0 Å². The fraction of sp³-hybridized carbons (Fsp3) is 0.400. The van der Waals surface area contributed by atoms with Gasteiger partial charge in [0.05, 0.1) is 5.69 Å². The number of hydrogen-bond donors (Lipinski definition) is 1. The molecule has 2 aromatic rings. The smallest absolute Gasteiger partial charge is 0.191 e. The Hall–Kier alpha value is -1.61. The molecule has 0 radical (unpaired) electrons. The van der Waals surface area contributed by atoms with E-state index in [0.717, 1.165) is 31.1 Å². The molecule has 96 valence electrons. The van der Waals surface area contributed by atoms with E-state index in [2.05, 4.69) is 41.5 Å². The third-order valence-corrected chi connectivity index (χ3v) is 2.86. The highest BCUT2D eigenvalue weighted by molar-refractivity contribution is 5.22. The number of oxazole rings is 1. The first-order valence-electron chi connectivity index (χ1n) is 6.47. The standard InChI is InChI=1S/C15H20N2O/c1-3-4-13-5-7-14(8-6-13)9-16-10-15-11-18-12(2)17-15/h5-8,11,16H,3-4,9-10H2,1-2H3. The number of hydrogen-bond acceptors (Lipinski definition) is 3. The molecule has 2 rings (SSSR count). The molecule has 1 N–H and O–H groups in total. The van der Waals surface area contributed by atoms with Crippen molar-refractivity contribution in [2.24, 2.45) is 0 Å². The fourth-order valence-corrected chi connectivity index (χ4v) is 1.94. The minimum Gasteiger partial charge on any atom is -0.449 e. The van der Waals surface area contributed by atoms with Crippen LogP contribution in [0.2, 0.25) is 0 Å². The maximum atomic E-state index is 5.16. The van der Waals surface area contributed by atoms with Crippen molar-refractivity contribution in [2.45, 2.75) is 39.8 Å². The summed E-state index contributed by atoms with van der Waals surface area (Å²) in [7, 11) is 0. The SMILES string of the molecule is CCCc1ccc(CNCc2coc(C)n2)cc1. The zero-order valence-corrected chi connectivity index (χ0v) is 11.1. The van der Waals surface area contributed by atoms with Gasteiger partial charge in [-0.3, -0.25) is 0 Å². The lowest BCUT2D eigenvalue weighted by molar-refractivity contribution is 0.520. The van der Waals surface area contributed by atoms with Gasteiger partial charge in [-0.2, -0.15) is 0 Å². The van der Waals surface area contributed by atoms with Crippen molar-refractivity contribution in [3.8, 4) is 0 Å². The van der Waals surface area contributed by atoms with E-state index in [0.29, 0.717) is 0 Å². The summed E-state index contributed by atoms with van der Waals surface area (Å²) in [6.45, 7) is 5.66. The van der Waals surface area contributed by atoms with Crippen molar-refractivity contribution in [3.05, 3.63) is 53.2 Å². The molecule has 0 amide bonds. The van der Waals surface area contributed by atoms with E-state index in [1.165, 1.54) is 17.5 Å². The second-order valence-electron chi connectivity index (χ2n) is 4.53. The van der Waals surface area contributed by atoms with Crippen LogP contribution in [0, 0.1) is 6.92 Å². The number of nitrogens with zero attached hydrogens (tertiary/aromatic N) is 1. The summed E-state index contributed by atoms with van der Waals surface area (Å²) in [5.41, 5.74) is 3.67. The van der Waals surface area contributed by atoms with E-state index < -0.39 is 0 Å². The molecule has 18 heavy (non-hydrogen) atoms. The van der Waals surface area contributed by atoms with Crippen molar-refractivity contribution in [1.29, 1.82) is 0 Å². The third kappa shape index (κ3) is 3.70. The maximum absolute atomic E-state index is 5.16. The summed E-state index contributed by atoms with van der Waals surface area (Å²) < 4.78 is 5.16. The Labute approximate surface area is 108 Å². The van der Waals surface area contributed by atoms with Crippen molar-refractivity contribution >= 4 is 0 Å². The lowest BCUT2D eigenvalue weighted by Crippen LogP contribution is -2.12. The van der Waals surface area contributed by atoms with E-state index in [-0.39, 0.29) is 0 Å². The van der Waals surface area contributed by atoms with E-state index in [1.807, 2.05) is 6.92 Å². The Morgan fingerprint density at radius 1 is 1.11 bits per heavy atom. The van der Waals surface area contributed by atoms with Gasteiger partial charge in [-0.15, -0.1) is 0 Å².